The maximum Gasteiger partial charge on any atom is 0.306 e. The molecule has 5 nitrogen and oxygen atoms in total. The molecule has 116 valence electrons. The predicted molar refractivity (Wildman–Crippen MR) is 79.8 cm³/mol. The van der Waals surface area contributed by atoms with Crippen molar-refractivity contribution in [2.75, 3.05) is 12.4 Å². The summed E-state index contributed by atoms with van der Waals surface area (Å²) in [4.78, 5) is 22.7. The summed E-state index contributed by atoms with van der Waals surface area (Å²) in [6, 6.07) is 6.57. The zero-order valence-electron chi connectivity index (χ0n) is 11.7. The lowest BCUT2D eigenvalue weighted by Crippen LogP contribution is -2.19. The van der Waals surface area contributed by atoms with Gasteiger partial charge in [-0.15, -0.1) is 0 Å². The number of hydrogen-bond donors (Lipinski definition) is 0. The van der Waals surface area contributed by atoms with Crippen molar-refractivity contribution in [3.63, 3.8) is 0 Å². The number of ether oxygens (including phenoxy) is 1. The van der Waals surface area contributed by atoms with E-state index in [4.69, 9.17) is 11.6 Å². The van der Waals surface area contributed by atoms with Gasteiger partial charge in [-0.2, -0.15) is 0 Å². The van der Waals surface area contributed by atoms with Crippen LogP contribution in [0, 0.1) is 0 Å². The lowest BCUT2D eigenvalue weighted by Gasteiger charge is -2.06. The summed E-state index contributed by atoms with van der Waals surface area (Å²) in [5.41, 5.74) is 0.456. The third-order valence-corrected chi connectivity index (χ3v) is 4.51. The summed E-state index contributed by atoms with van der Waals surface area (Å²) in [6.45, 7) is 1.89. The predicted octanol–water partition coefficient (Wildman–Crippen LogP) is 2.17. The molecular weight excluding hydrogens is 316 g/mol. The Labute approximate surface area is 129 Å². The number of ketones is 1. The molecule has 1 rings (SSSR count). The number of hydrogen-bond acceptors (Lipinski definition) is 5. The van der Waals surface area contributed by atoms with Gasteiger partial charge in [0.15, 0.2) is 9.84 Å². The Morgan fingerprint density at radius 1 is 1.19 bits per heavy atom. The average molecular weight is 333 g/mol. The van der Waals surface area contributed by atoms with E-state index in [0.29, 0.717) is 10.6 Å². The van der Waals surface area contributed by atoms with E-state index >= 15 is 0 Å². The van der Waals surface area contributed by atoms with Gasteiger partial charge >= 0.3 is 5.97 Å². The lowest BCUT2D eigenvalue weighted by atomic mass is 10.2. The molecule has 1 aromatic rings. The lowest BCUT2D eigenvalue weighted by molar-refractivity contribution is -0.144. The topological polar surface area (TPSA) is 77.5 Å². The summed E-state index contributed by atoms with van der Waals surface area (Å²) >= 11 is 5.89. The van der Waals surface area contributed by atoms with Crippen LogP contribution in [0.4, 0.5) is 0 Å². The van der Waals surface area contributed by atoms with Crippen LogP contribution in [0.5, 0.6) is 0 Å². The Kier molecular flexibility index (Phi) is 6.84. The molecule has 0 aliphatic rings. The van der Waals surface area contributed by atoms with Crippen LogP contribution < -0.4 is 0 Å². The number of sulfone groups is 1. The van der Waals surface area contributed by atoms with Crippen molar-refractivity contribution in [2.45, 2.75) is 25.5 Å². The Balaban J connectivity index is 2.54. The Morgan fingerprint density at radius 2 is 1.86 bits per heavy atom. The van der Waals surface area contributed by atoms with Crippen LogP contribution in [0.15, 0.2) is 24.3 Å². The van der Waals surface area contributed by atoms with Crippen LogP contribution >= 0.6 is 11.6 Å². The smallest absolute Gasteiger partial charge is 0.306 e. The molecule has 0 aliphatic heterocycles. The monoisotopic (exact) mass is 332 g/mol. The molecule has 0 unspecified atom stereocenters. The van der Waals surface area contributed by atoms with Gasteiger partial charge in [-0.05, 0) is 18.6 Å². The van der Waals surface area contributed by atoms with Crippen molar-refractivity contribution < 1.29 is 22.7 Å². The van der Waals surface area contributed by atoms with E-state index in [9.17, 15) is 18.0 Å². The Hall–Kier alpha value is -1.40. The standard InChI is InChI=1S/C14H17ClO5S/c1-2-20-14(17)8-7-12(16)10-21(18,19)9-11-5-3-4-6-13(11)15/h3-6H,2,7-10H2,1H3. The molecule has 7 heteroatoms. The fourth-order valence-electron chi connectivity index (χ4n) is 1.70. The van der Waals surface area contributed by atoms with Crippen LogP contribution in [0.3, 0.4) is 0 Å². The van der Waals surface area contributed by atoms with Gasteiger partial charge in [0.2, 0.25) is 0 Å². The van der Waals surface area contributed by atoms with Crippen LogP contribution in [0.25, 0.3) is 0 Å². The number of rotatable bonds is 8. The molecule has 0 fully saturated rings. The molecule has 1 aromatic carbocycles. The second kappa shape index (κ2) is 8.14. The molecule has 0 aromatic heterocycles. The van der Waals surface area contributed by atoms with Crippen LogP contribution in [-0.4, -0.2) is 32.5 Å². The van der Waals surface area contributed by atoms with Crippen molar-refractivity contribution in [2.24, 2.45) is 0 Å². The van der Waals surface area contributed by atoms with E-state index in [0.717, 1.165) is 0 Å². The number of esters is 1. The molecule has 0 spiro atoms. The maximum atomic E-state index is 11.9. The molecule has 0 saturated heterocycles. The fourth-order valence-corrected chi connectivity index (χ4v) is 3.44. The SMILES string of the molecule is CCOC(=O)CCC(=O)CS(=O)(=O)Cc1ccccc1Cl. The van der Waals surface area contributed by atoms with E-state index in [1.54, 1.807) is 31.2 Å². The highest BCUT2D eigenvalue weighted by Gasteiger charge is 2.19. The average Bonchev–Trinajstić information content (AvgIpc) is 2.39. The third kappa shape index (κ3) is 6.73. The molecular formula is C14H17ClO5S. The van der Waals surface area contributed by atoms with Gasteiger partial charge in [0.25, 0.3) is 0 Å². The van der Waals surface area contributed by atoms with E-state index in [2.05, 4.69) is 4.74 Å². The summed E-state index contributed by atoms with van der Waals surface area (Å²) in [6.07, 6.45) is -0.241. The van der Waals surface area contributed by atoms with Gasteiger partial charge in [-0.1, -0.05) is 29.8 Å². The van der Waals surface area contributed by atoms with Gasteiger partial charge in [0.05, 0.1) is 18.8 Å². The van der Waals surface area contributed by atoms with Crippen LogP contribution in [0.1, 0.15) is 25.3 Å². The van der Waals surface area contributed by atoms with Gasteiger partial charge in [0, 0.05) is 11.4 Å². The maximum absolute atomic E-state index is 11.9. The van der Waals surface area contributed by atoms with Gasteiger partial charge in [0.1, 0.15) is 11.5 Å². The number of carbonyl (C=O) groups excluding carboxylic acids is 2. The van der Waals surface area contributed by atoms with Crippen molar-refractivity contribution in [3.8, 4) is 0 Å². The second-order valence-electron chi connectivity index (χ2n) is 4.47. The molecule has 0 saturated carbocycles. The highest BCUT2D eigenvalue weighted by molar-refractivity contribution is 7.91. The Bertz CT molecular complexity index is 610. The first kappa shape index (κ1) is 17.7. The first-order valence-corrected chi connectivity index (χ1v) is 8.65. The van der Waals surface area contributed by atoms with Crippen molar-refractivity contribution >= 4 is 33.2 Å². The summed E-state index contributed by atoms with van der Waals surface area (Å²) in [5.74, 6) is -1.90. The largest absolute Gasteiger partial charge is 0.466 e. The molecule has 0 bridgehead atoms. The molecule has 0 N–H and O–H groups in total. The third-order valence-electron chi connectivity index (χ3n) is 2.63. The second-order valence-corrected chi connectivity index (χ2v) is 6.94. The zero-order valence-corrected chi connectivity index (χ0v) is 13.2. The first-order valence-electron chi connectivity index (χ1n) is 6.45. The number of halogens is 1. The number of benzene rings is 1. The van der Waals surface area contributed by atoms with Gasteiger partial charge in [-0.3, -0.25) is 9.59 Å². The molecule has 0 heterocycles. The minimum absolute atomic E-state index is 0.103. The van der Waals surface area contributed by atoms with Gasteiger partial charge < -0.3 is 4.74 Å². The molecule has 21 heavy (non-hydrogen) atoms. The summed E-state index contributed by atoms with van der Waals surface area (Å²) < 4.78 is 28.6. The van der Waals surface area contributed by atoms with Gasteiger partial charge in [-0.25, -0.2) is 8.42 Å². The number of Topliss-reactive ketones (excluding diaryl/α,β-unsaturated/α-hetero) is 1. The van der Waals surface area contributed by atoms with E-state index < -0.39 is 27.3 Å². The summed E-state index contributed by atoms with van der Waals surface area (Å²) in [7, 11) is -3.60. The van der Waals surface area contributed by atoms with Crippen LogP contribution in [0.2, 0.25) is 5.02 Å². The molecule has 0 radical (unpaired) electrons. The Morgan fingerprint density at radius 3 is 2.48 bits per heavy atom. The highest BCUT2D eigenvalue weighted by atomic mass is 35.5. The quantitative estimate of drug-likeness (QED) is 0.682. The van der Waals surface area contributed by atoms with E-state index in [-0.39, 0.29) is 25.2 Å². The number of carbonyl (C=O) groups is 2. The van der Waals surface area contributed by atoms with Crippen molar-refractivity contribution in [3.05, 3.63) is 34.9 Å². The van der Waals surface area contributed by atoms with E-state index in [1.165, 1.54) is 0 Å². The molecule has 0 aliphatic carbocycles. The minimum atomic E-state index is -3.60. The first-order chi connectivity index (χ1) is 9.84. The zero-order chi connectivity index (χ0) is 15.9. The molecule has 0 atom stereocenters. The van der Waals surface area contributed by atoms with Crippen molar-refractivity contribution in [1.29, 1.82) is 0 Å². The highest BCUT2D eigenvalue weighted by Crippen LogP contribution is 2.18. The van der Waals surface area contributed by atoms with Crippen LogP contribution in [-0.2, 0) is 29.9 Å². The normalized spacial score (nSPS) is 11.1. The minimum Gasteiger partial charge on any atom is -0.466 e. The fraction of sp³-hybridized carbons (Fsp3) is 0.429. The van der Waals surface area contributed by atoms with Crippen molar-refractivity contribution in [1.82, 2.24) is 0 Å². The molecule has 0 amide bonds. The summed E-state index contributed by atoms with van der Waals surface area (Å²) in [5, 5.41) is 0.347. The van der Waals surface area contributed by atoms with E-state index in [1.807, 2.05) is 0 Å².